The Bertz CT molecular complexity index is 885. The zero-order valence-electron chi connectivity index (χ0n) is 17.0. The molecule has 4 nitrogen and oxygen atoms in total. The zero-order valence-corrected chi connectivity index (χ0v) is 17.0. The van der Waals surface area contributed by atoms with Crippen molar-refractivity contribution in [2.75, 3.05) is 7.11 Å². The molecule has 2 saturated carbocycles. The minimum atomic E-state index is 0.0555. The lowest BCUT2D eigenvalue weighted by Crippen LogP contribution is -2.51. The number of oxazole rings is 1. The number of allylic oxidation sites excluding steroid dienone is 1. The number of ether oxygens (including phenoxy) is 1. The number of fused-ring (bicyclic) bond motifs is 2. The molecule has 146 valence electrons. The standard InChI is InChI=1S/C23H31NO3/c1-14-7-6-8-19-22(14,3)10-9-15(2)23(19,4)12-16-20(25)18(26-5)11-17-21(16)27-13-24-17/h11,13,15,19,25H,1,6-10,12H2,2-5H3/t15-,19+,22+,23+/m0/s1. The van der Waals surface area contributed by atoms with Gasteiger partial charge in [-0.1, -0.05) is 32.9 Å². The number of aromatic hydroxyl groups is 1. The predicted molar refractivity (Wildman–Crippen MR) is 107 cm³/mol. The molecule has 27 heavy (non-hydrogen) atoms. The van der Waals surface area contributed by atoms with Crippen LogP contribution in [0.25, 0.3) is 11.1 Å². The Kier molecular flexibility index (Phi) is 4.28. The largest absolute Gasteiger partial charge is 0.504 e. The Balaban J connectivity index is 1.83. The number of phenolic OH excluding ortho intramolecular Hbond substituents is 1. The van der Waals surface area contributed by atoms with Crippen molar-refractivity contribution in [2.24, 2.45) is 22.7 Å². The van der Waals surface area contributed by atoms with Crippen LogP contribution >= 0.6 is 0 Å². The summed E-state index contributed by atoms with van der Waals surface area (Å²) in [6.45, 7) is 11.6. The normalized spacial score (nSPS) is 33.9. The highest BCUT2D eigenvalue weighted by Gasteiger charge is 2.54. The van der Waals surface area contributed by atoms with Gasteiger partial charge in [-0.05, 0) is 61.2 Å². The molecule has 2 aliphatic carbocycles. The Labute approximate surface area is 161 Å². The maximum atomic E-state index is 10.9. The number of hydrogen-bond acceptors (Lipinski definition) is 4. The third-order valence-corrected chi connectivity index (χ3v) is 8.00. The first-order valence-electron chi connectivity index (χ1n) is 10.1. The zero-order chi connectivity index (χ0) is 19.4. The van der Waals surface area contributed by atoms with E-state index in [9.17, 15) is 5.11 Å². The van der Waals surface area contributed by atoms with E-state index in [1.165, 1.54) is 37.7 Å². The second-order valence-electron chi connectivity index (χ2n) is 9.19. The predicted octanol–water partition coefficient (Wildman–Crippen LogP) is 5.88. The van der Waals surface area contributed by atoms with Crippen molar-refractivity contribution < 1.29 is 14.3 Å². The van der Waals surface area contributed by atoms with Gasteiger partial charge < -0.3 is 14.3 Å². The van der Waals surface area contributed by atoms with Gasteiger partial charge in [0.1, 0.15) is 5.52 Å². The van der Waals surface area contributed by atoms with E-state index < -0.39 is 0 Å². The molecular weight excluding hydrogens is 338 g/mol. The summed E-state index contributed by atoms with van der Waals surface area (Å²) >= 11 is 0. The van der Waals surface area contributed by atoms with Crippen LogP contribution in [-0.2, 0) is 6.42 Å². The third kappa shape index (κ3) is 2.60. The summed E-state index contributed by atoms with van der Waals surface area (Å²) in [5.74, 6) is 1.77. The van der Waals surface area contributed by atoms with E-state index in [0.717, 1.165) is 23.9 Å². The van der Waals surface area contributed by atoms with Gasteiger partial charge in [-0.15, -0.1) is 0 Å². The lowest BCUT2D eigenvalue weighted by molar-refractivity contribution is -0.0490. The Morgan fingerprint density at radius 1 is 1.37 bits per heavy atom. The number of rotatable bonds is 3. The van der Waals surface area contributed by atoms with Crippen LogP contribution in [-0.4, -0.2) is 17.2 Å². The number of methoxy groups -OCH3 is 1. The summed E-state index contributed by atoms with van der Waals surface area (Å²) in [6, 6.07) is 1.75. The molecule has 0 unspecified atom stereocenters. The van der Waals surface area contributed by atoms with Gasteiger partial charge in [-0.25, -0.2) is 4.98 Å². The van der Waals surface area contributed by atoms with E-state index >= 15 is 0 Å². The monoisotopic (exact) mass is 369 g/mol. The minimum Gasteiger partial charge on any atom is -0.504 e. The van der Waals surface area contributed by atoms with Crippen LogP contribution in [0.15, 0.2) is 29.0 Å². The number of benzene rings is 1. The fourth-order valence-corrected chi connectivity index (χ4v) is 6.00. The van der Waals surface area contributed by atoms with Gasteiger partial charge in [-0.2, -0.15) is 0 Å². The highest BCUT2D eigenvalue weighted by molar-refractivity contribution is 5.82. The highest BCUT2D eigenvalue weighted by atomic mass is 16.5. The Hall–Kier alpha value is -1.97. The van der Waals surface area contributed by atoms with E-state index in [1.807, 2.05) is 0 Å². The van der Waals surface area contributed by atoms with E-state index in [2.05, 4.69) is 32.3 Å². The molecule has 1 aromatic heterocycles. The Morgan fingerprint density at radius 3 is 2.89 bits per heavy atom. The SMILES string of the molecule is C=C1CCC[C@H]2[C@](C)(Cc3c(O)c(OC)cc4ncoc34)[C@@H](C)CC[C@]12C. The number of nitrogens with zero attached hydrogens (tertiary/aromatic N) is 1. The first kappa shape index (κ1) is 18.4. The highest BCUT2D eigenvalue weighted by Crippen LogP contribution is 2.62. The van der Waals surface area contributed by atoms with Gasteiger partial charge in [-0.3, -0.25) is 0 Å². The van der Waals surface area contributed by atoms with Crippen LogP contribution < -0.4 is 4.74 Å². The smallest absolute Gasteiger partial charge is 0.181 e. The van der Waals surface area contributed by atoms with Crippen molar-refractivity contribution in [2.45, 2.75) is 59.3 Å². The van der Waals surface area contributed by atoms with Gasteiger partial charge in [0.05, 0.1) is 7.11 Å². The maximum Gasteiger partial charge on any atom is 0.181 e. The summed E-state index contributed by atoms with van der Waals surface area (Å²) < 4.78 is 11.1. The number of phenols is 1. The third-order valence-electron chi connectivity index (χ3n) is 8.00. The first-order valence-corrected chi connectivity index (χ1v) is 10.1. The summed E-state index contributed by atoms with van der Waals surface area (Å²) in [5, 5.41) is 10.9. The molecule has 1 aromatic carbocycles. The molecule has 4 heteroatoms. The average molecular weight is 370 g/mol. The van der Waals surface area contributed by atoms with Crippen LogP contribution in [0.4, 0.5) is 0 Å². The van der Waals surface area contributed by atoms with E-state index in [4.69, 9.17) is 9.15 Å². The maximum absolute atomic E-state index is 10.9. The summed E-state index contributed by atoms with van der Waals surface area (Å²) in [7, 11) is 1.58. The first-order chi connectivity index (χ1) is 12.8. The molecule has 0 bridgehead atoms. The lowest BCUT2D eigenvalue weighted by atomic mass is 9.46. The van der Waals surface area contributed by atoms with Gasteiger partial charge in [0.25, 0.3) is 0 Å². The van der Waals surface area contributed by atoms with Gasteiger partial charge in [0, 0.05) is 11.6 Å². The fraction of sp³-hybridized carbons (Fsp3) is 0.609. The van der Waals surface area contributed by atoms with Crippen molar-refractivity contribution in [3.63, 3.8) is 0 Å². The van der Waals surface area contributed by atoms with Gasteiger partial charge >= 0.3 is 0 Å². The van der Waals surface area contributed by atoms with Crippen molar-refractivity contribution in [1.82, 2.24) is 4.98 Å². The summed E-state index contributed by atoms with van der Waals surface area (Å²) in [6.07, 6.45) is 8.20. The molecule has 2 aromatic rings. The quantitative estimate of drug-likeness (QED) is 0.686. The van der Waals surface area contributed by atoms with E-state index in [0.29, 0.717) is 23.2 Å². The minimum absolute atomic E-state index is 0.0555. The van der Waals surface area contributed by atoms with E-state index in [-0.39, 0.29) is 16.6 Å². The van der Waals surface area contributed by atoms with Crippen molar-refractivity contribution in [3.8, 4) is 11.5 Å². The molecule has 1 heterocycles. The molecule has 0 aliphatic heterocycles. The molecule has 0 amide bonds. The topological polar surface area (TPSA) is 55.5 Å². The average Bonchev–Trinajstić information content (AvgIpc) is 3.11. The van der Waals surface area contributed by atoms with Crippen LogP contribution in [0.5, 0.6) is 11.5 Å². The molecule has 0 radical (unpaired) electrons. The van der Waals surface area contributed by atoms with Crippen LogP contribution in [0.2, 0.25) is 0 Å². The van der Waals surface area contributed by atoms with Gasteiger partial charge in [0.2, 0.25) is 0 Å². The van der Waals surface area contributed by atoms with E-state index in [1.54, 1.807) is 13.2 Å². The molecule has 2 fully saturated rings. The van der Waals surface area contributed by atoms with Crippen LogP contribution in [0.1, 0.15) is 58.4 Å². The fourth-order valence-electron chi connectivity index (χ4n) is 6.00. The molecule has 0 saturated heterocycles. The second-order valence-corrected chi connectivity index (χ2v) is 9.19. The number of hydrogen-bond donors (Lipinski definition) is 1. The van der Waals surface area contributed by atoms with Gasteiger partial charge in [0.15, 0.2) is 23.5 Å². The van der Waals surface area contributed by atoms with Crippen molar-refractivity contribution >= 4 is 11.1 Å². The van der Waals surface area contributed by atoms with Crippen molar-refractivity contribution in [1.29, 1.82) is 0 Å². The molecule has 2 aliphatic rings. The van der Waals surface area contributed by atoms with Crippen LogP contribution in [0, 0.1) is 22.7 Å². The number of aromatic nitrogens is 1. The molecular formula is C23H31NO3. The Morgan fingerprint density at radius 2 is 2.15 bits per heavy atom. The summed E-state index contributed by atoms with van der Waals surface area (Å²) in [4.78, 5) is 4.30. The molecule has 4 atom stereocenters. The summed E-state index contributed by atoms with van der Waals surface area (Å²) in [5.41, 5.74) is 3.91. The lowest BCUT2D eigenvalue weighted by Gasteiger charge is -2.58. The molecule has 0 spiro atoms. The molecule has 1 N–H and O–H groups in total. The van der Waals surface area contributed by atoms with Crippen molar-refractivity contribution in [3.05, 3.63) is 30.2 Å². The van der Waals surface area contributed by atoms with Crippen LogP contribution in [0.3, 0.4) is 0 Å². The second kappa shape index (κ2) is 6.29. The molecule has 4 rings (SSSR count).